The molecule has 1 aromatic rings. The zero-order chi connectivity index (χ0) is 11.4. The van der Waals surface area contributed by atoms with Crippen molar-refractivity contribution >= 4 is 17.4 Å². The van der Waals surface area contributed by atoms with Crippen molar-refractivity contribution in [2.24, 2.45) is 0 Å². The van der Waals surface area contributed by atoms with Gasteiger partial charge in [0.15, 0.2) is 0 Å². The largest absolute Gasteiger partial charge is 0.362 e. The third kappa shape index (κ3) is 2.46. The van der Waals surface area contributed by atoms with Crippen LogP contribution in [0.15, 0.2) is 12.4 Å². The molecule has 0 amide bonds. The first kappa shape index (κ1) is 11.6. The van der Waals surface area contributed by atoms with Gasteiger partial charge in [0.05, 0.1) is 11.2 Å². The molecule has 0 spiro atoms. The SMILES string of the molecule is Cc1nccnc1NC1(CCl)CCCCC1. The maximum absolute atomic E-state index is 6.13. The molecule has 2 rings (SSSR count). The minimum absolute atomic E-state index is 0.0284. The monoisotopic (exact) mass is 239 g/mol. The first-order chi connectivity index (χ1) is 7.76. The van der Waals surface area contributed by atoms with Crippen LogP contribution in [0.4, 0.5) is 5.82 Å². The van der Waals surface area contributed by atoms with E-state index in [9.17, 15) is 0 Å². The van der Waals surface area contributed by atoms with E-state index in [4.69, 9.17) is 11.6 Å². The third-order valence-electron chi connectivity index (χ3n) is 3.33. The summed E-state index contributed by atoms with van der Waals surface area (Å²) in [5.74, 6) is 1.52. The van der Waals surface area contributed by atoms with Crippen LogP contribution in [0, 0.1) is 6.92 Å². The van der Waals surface area contributed by atoms with Gasteiger partial charge >= 0.3 is 0 Å². The Hall–Kier alpha value is -0.830. The molecule has 1 fully saturated rings. The molecule has 1 saturated carbocycles. The molecule has 4 heteroatoms. The number of anilines is 1. The number of nitrogens with one attached hydrogen (secondary N) is 1. The van der Waals surface area contributed by atoms with E-state index in [0.29, 0.717) is 5.88 Å². The summed E-state index contributed by atoms with van der Waals surface area (Å²) < 4.78 is 0. The Bertz CT molecular complexity index is 348. The summed E-state index contributed by atoms with van der Waals surface area (Å²) in [4.78, 5) is 8.58. The molecule has 3 nitrogen and oxygen atoms in total. The molecule has 16 heavy (non-hydrogen) atoms. The first-order valence-electron chi connectivity index (χ1n) is 5.87. The van der Waals surface area contributed by atoms with Crippen LogP contribution in [-0.2, 0) is 0 Å². The molecule has 0 saturated heterocycles. The zero-order valence-corrected chi connectivity index (χ0v) is 10.4. The number of nitrogens with zero attached hydrogens (tertiary/aromatic N) is 2. The average molecular weight is 240 g/mol. The summed E-state index contributed by atoms with van der Waals surface area (Å²) in [6, 6.07) is 0. The number of halogens is 1. The van der Waals surface area contributed by atoms with E-state index < -0.39 is 0 Å². The van der Waals surface area contributed by atoms with Crippen LogP contribution in [0.25, 0.3) is 0 Å². The number of hydrogen-bond acceptors (Lipinski definition) is 3. The van der Waals surface area contributed by atoms with Crippen LogP contribution in [0.1, 0.15) is 37.8 Å². The summed E-state index contributed by atoms with van der Waals surface area (Å²) >= 11 is 6.13. The summed E-state index contributed by atoms with van der Waals surface area (Å²) in [6.07, 6.45) is 9.52. The van der Waals surface area contributed by atoms with E-state index in [1.54, 1.807) is 12.4 Å². The minimum atomic E-state index is 0.0284. The molecule has 0 bridgehead atoms. The number of hydrogen-bond donors (Lipinski definition) is 1. The van der Waals surface area contributed by atoms with E-state index in [2.05, 4.69) is 15.3 Å². The lowest BCUT2D eigenvalue weighted by atomic mass is 9.83. The van der Waals surface area contributed by atoms with Gasteiger partial charge in [0.1, 0.15) is 5.82 Å². The Kier molecular flexibility index (Phi) is 3.64. The number of rotatable bonds is 3. The molecule has 0 unspecified atom stereocenters. The maximum Gasteiger partial charge on any atom is 0.147 e. The number of aromatic nitrogens is 2. The van der Waals surface area contributed by atoms with Gasteiger partial charge in [-0.1, -0.05) is 19.3 Å². The van der Waals surface area contributed by atoms with Crippen LogP contribution in [0.3, 0.4) is 0 Å². The highest BCUT2D eigenvalue weighted by atomic mass is 35.5. The summed E-state index contributed by atoms with van der Waals surface area (Å²) in [5.41, 5.74) is 0.971. The van der Waals surface area contributed by atoms with Gasteiger partial charge in [-0.05, 0) is 19.8 Å². The molecule has 0 aromatic carbocycles. The van der Waals surface area contributed by atoms with Crippen LogP contribution >= 0.6 is 11.6 Å². The molecule has 0 atom stereocenters. The molecule has 1 aliphatic rings. The van der Waals surface area contributed by atoms with E-state index in [-0.39, 0.29) is 5.54 Å². The second kappa shape index (κ2) is 5.00. The standard InChI is InChI=1S/C12H18ClN3/c1-10-11(15-8-7-14-10)16-12(9-13)5-3-2-4-6-12/h7-8H,2-6,9H2,1H3,(H,15,16). The van der Waals surface area contributed by atoms with Crippen LogP contribution in [0.5, 0.6) is 0 Å². The van der Waals surface area contributed by atoms with Crippen molar-refractivity contribution in [3.63, 3.8) is 0 Å². The molecule has 1 aromatic heterocycles. The van der Waals surface area contributed by atoms with Crippen molar-refractivity contribution in [2.45, 2.75) is 44.6 Å². The first-order valence-corrected chi connectivity index (χ1v) is 6.41. The lowest BCUT2D eigenvalue weighted by Crippen LogP contribution is -2.42. The van der Waals surface area contributed by atoms with E-state index in [0.717, 1.165) is 24.4 Å². The summed E-state index contributed by atoms with van der Waals surface area (Å²) in [7, 11) is 0. The molecule has 1 N–H and O–H groups in total. The Morgan fingerprint density at radius 2 is 1.94 bits per heavy atom. The predicted octanol–water partition coefficient (Wildman–Crippen LogP) is 3.14. The summed E-state index contributed by atoms with van der Waals surface area (Å²) in [5, 5.41) is 3.51. The molecule has 1 heterocycles. The van der Waals surface area contributed by atoms with Crippen LogP contribution < -0.4 is 5.32 Å². The lowest BCUT2D eigenvalue weighted by molar-refractivity contribution is 0.352. The fourth-order valence-electron chi connectivity index (χ4n) is 2.30. The highest BCUT2D eigenvalue weighted by Gasteiger charge is 2.31. The Morgan fingerprint density at radius 3 is 2.56 bits per heavy atom. The van der Waals surface area contributed by atoms with Crippen molar-refractivity contribution < 1.29 is 0 Å². The molecular weight excluding hydrogens is 222 g/mol. The predicted molar refractivity (Wildman–Crippen MR) is 66.9 cm³/mol. The molecule has 0 aliphatic heterocycles. The van der Waals surface area contributed by atoms with Gasteiger partial charge in [-0.15, -0.1) is 11.6 Å². The lowest BCUT2D eigenvalue weighted by Gasteiger charge is -2.37. The molecular formula is C12H18ClN3. The van der Waals surface area contributed by atoms with Crippen molar-refractivity contribution in [1.82, 2.24) is 9.97 Å². The fraction of sp³-hybridized carbons (Fsp3) is 0.667. The van der Waals surface area contributed by atoms with Gasteiger partial charge in [-0.3, -0.25) is 4.98 Å². The Labute approximate surface area is 102 Å². The van der Waals surface area contributed by atoms with Gasteiger partial charge in [0.25, 0.3) is 0 Å². The van der Waals surface area contributed by atoms with Gasteiger partial charge in [0, 0.05) is 18.3 Å². The third-order valence-corrected chi connectivity index (χ3v) is 3.84. The van der Waals surface area contributed by atoms with Crippen LogP contribution in [0.2, 0.25) is 0 Å². The normalized spacial score (nSPS) is 19.4. The smallest absolute Gasteiger partial charge is 0.147 e. The van der Waals surface area contributed by atoms with Gasteiger partial charge < -0.3 is 5.32 Å². The van der Waals surface area contributed by atoms with Crippen molar-refractivity contribution in [1.29, 1.82) is 0 Å². The number of alkyl halides is 1. The number of aryl methyl sites for hydroxylation is 1. The van der Waals surface area contributed by atoms with Gasteiger partial charge in [-0.2, -0.15) is 0 Å². The quantitative estimate of drug-likeness (QED) is 0.824. The zero-order valence-electron chi connectivity index (χ0n) is 9.67. The second-order valence-corrected chi connectivity index (χ2v) is 4.86. The van der Waals surface area contributed by atoms with Gasteiger partial charge in [0.2, 0.25) is 0 Å². The van der Waals surface area contributed by atoms with Crippen molar-refractivity contribution in [2.75, 3.05) is 11.2 Å². The highest BCUT2D eigenvalue weighted by Crippen LogP contribution is 2.32. The van der Waals surface area contributed by atoms with Crippen molar-refractivity contribution in [3.05, 3.63) is 18.1 Å². The summed E-state index contributed by atoms with van der Waals surface area (Å²) in [6.45, 7) is 1.97. The molecule has 0 radical (unpaired) electrons. The maximum atomic E-state index is 6.13. The molecule has 88 valence electrons. The van der Waals surface area contributed by atoms with E-state index in [1.165, 1.54) is 19.3 Å². The van der Waals surface area contributed by atoms with Gasteiger partial charge in [-0.25, -0.2) is 4.98 Å². The van der Waals surface area contributed by atoms with Crippen molar-refractivity contribution in [3.8, 4) is 0 Å². The Balaban J connectivity index is 2.15. The fourth-order valence-corrected chi connectivity index (χ4v) is 2.64. The topological polar surface area (TPSA) is 37.8 Å². The van der Waals surface area contributed by atoms with Crippen LogP contribution in [-0.4, -0.2) is 21.4 Å². The van der Waals surface area contributed by atoms with E-state index >= 15 is 0 Å². The molecule has 1 aliphatic carbocycles. The Morgan fingerprint density at radius 1 is 1.25 bits per heavy atom. The van der Waals surface area contributed by atoms with E-state index in [1.807, 2.05) is 6.92 Å². The average Bonchev–Trinajstić information content (AvgIpc) is 2.33. The highest BCUT2D eigenvalue weighted by molar-refractivity contribution is 6.18. The minimum Gasteiger partial charge on any atom is -0.362 e. The second-order valence-electron chi connectivity index (χ2n) is 4.59.